The average Bonchev–Trinajstić information content (AvgIpc) is 2.89. The minimum atomic E-state index is -1.16. The SMILES string of the molecule is CC(C)CC(NC(=O)C(CCCCN)NC(=O)C(Cc1ccccc1)NC(=O)C(N)CCCN=C(N)N)C(=O)O. The van der Waals surface area contributed by atoms with E-state index in [-0.39, 0.29) is 31.1 Å². The third-order valence-corrected chi connectivity index (χ3v) is 6.12. The van der Waals surface area contributed by atoms with Gasteiger partial charge in [0, 0.05) is 13.0 Å². The van der Waals surface area contributed by atoms with Gasteiger partial charge < -0.3 is 44.0 Å². The van der Waals surface area contributed by atoms with Gasteiger partial charge in [0.25, 0.3) is 0 Å². The third kappa shape index (κ3) is 13.9. The van der Waals surface area contributed by atoms with Crippen LogP contribution in [0.1, 0.15) is 57.9 Å². The second-order valence-electron chi connectivity index (χ2n) is 10.2. The molecule has 0 aliphatic heterocycles. The molecule has 0 spiro atoms. The number of nitrogens with one attached hydrogen (secondary N) is 3. The van der Waals surface area contributed by atoms with Crippen molar-refractivity contribution >= 4 is 29.7 Å². The van der Waals surface area contributed by atoms with Crippen LogP contribution < -0.4 is 38.9 Å². The van der Waals surface area contributed by atoms with Gasteiger partial charge in [-0.15, -0.1) is 0 Å². The van der Waals surface area contributed by atoms with Crippen LogP contribution in [0.15, 0.2) is 35.3 Å². The lowest BCUT2D eigenvalue weighted by Crippen LogP contribution is -2.57. The molecule has 0 radical (unpaired) electrons. The lowest BCUT2D eigenvalue weighted by Gasteiger charge is -2.26. The summed E-state index contributed by atoms with van der Waals surface area (Å²) in [4.78, 5) is 55.0. The lowest BCUT2D eigenvalue weighted by atomic mass is 10.0. The van der Waals surface area contributed by atoms with Crippen LogP contribution in [-0.2, 0) is 25.6 Å². The highest BCUT2D eigenvalue weighted by molar-refractivity contribution is 5.94. The van der Waals surface area contributed by atoms with E-state index >= 15 is 0 Å². The number of guanidine groups is 1. The first-order chi connectivity index (χ1) is 18.9. The van der Waals surface area contributed by atoms with E-state index < -0.39 is 47.9 Å². The van der Waals surface area contributed by atoms with Gasteiger partial charge in [0.15, 0.2) is 5.96 Å². The Balaban J connectivity index is 3.06. The summed E-state index contributed by atoms with van der Waals surface area (Å²) in [6.07, 6.45) is 2.55. The number of hydrogen-bond acceptors (Lipinski definition) is 7. The first-order valence-corrected chi connectivity index (χ1v) is 13.6. The number of nitrogens with zero attached hydrogens (tertiary/aromatic N) is 1. The number of aliphatic imine (C=N–C) groups is 1. The number of nitrogens with two attached hydrogens (primary N) is 4. The van der Waals surface area contributed by atoms with Crippen molar-refractivity contribution in [2.24, 2.45) is 33.8 Å². The van der Waals surface area contributed by atoms with Crippen molar-refractivity contribution in [3.8, 4) is 0 Å². The Kier molecular flexibility index (Phi) is 15.9. The maximum Gasteiger partial charge on any atom is 0.326 e. The normalized spacial score (nSPS) is 13.9. The van der Waals surface area contributed by atoms with Crippen molar-refractivity contribution in [1.29, 1.82) is 0 Å². The molecule has 4 unspecified atom stereocenters. The van der Waals surface area contributed by atoms with E-state index in [1.165, 1.54) is 0 Å². The fraction of sp³-hybridized carbons (Fsp3) is 0.593. The van der Waals surface area contributed by atoms with Crippen LogP contribution in [0.3, 0.4) is 0 Å². The summed E-state index contributed by atoms with van der Waals surface area (Å²) in [7, 11) is 0. The van der Waals surface area contributed by atoms with Gasteiger partial charge in [-0.2, -0.15) is 0 Å². The number of hydrogen-bond donors (Lipinski definition) is 8. The number of carbonyl (C=O) groups is 4. The second-order valence-corrected chi connectivity index (χ2v) is 10.2. The molecule has 0 aliphatic rings. The van der Waals surface area contributed by atoms with Gasteiger partial charge in [0.05, 0.1) is 6.04 Å². The highest BCUT2D eigenvalue weighted by atomic mass is 16.4. The summed E-state index contributed by atoms with van der Waals surface area (Å²) in [5, 5.41) is 17.5. The summed E-state index contributed by atoms with van der Waals surface area (Å²) in [6.45, 7) is 4.42. The van der Waals surface area contributed by atoms with Gasteiger partial charge in [-0.3, -0.25) is 19.4 Å². The molecule has 0 heterocycles. The molecule has 13 heteroatoms. The minimum Gasteiger partial charge on any atom is -0.480 e. The first kappa shape index (κ1) is 34.3. The Labute approximate surface area is 235 Å². The van der Waals surface area contributed by atoms with Gasteiger partial charge in [-0.05, 0) is 56.6 Å². The van der Waals surface area contributed by atoms with Gasteiger partial charge in [-0.1, -0.05) is 44.2 Å². The maximum atomic E-state index is 13.5. The summed E-state index contributed by atoms with van der Waals surface area (Å²) < 4.78 is 0. The van der Waals surface area contributed by atoms with E-state index in [0.29, 0.717) is 38.8 Å². The molecule has 0 aliphatic carbocycles. The number of aliphatic carboxylic acids is 1. The van der Waals surface area contributed by atoms with Crippen molar-refractivity contribution < 1.29 is 24.3 Å². The number of carboxylic acid groups (broad SMARTS) is 1. The Morgan fingerprint density at radius 1 is 0.850 bits per heavy atom. The van der Waals surface area contributed by atoms with Gasteiger partial charge in [0.1, 0.15) is 18.1 Å². The Bertz CT molecular complexity index is 969. The Hall–Kier alpha value is -3.71. The number of benzene rings is 1. The maximum absolute atomic E-state index is 13.5. The van der Waals surface area contributed by atoms with E-state index in [4.69, 9.17) is 22.9 Å². The Morgan fingerprint density at radius 2 is 1.45 bits per heavy atom. The highest BCUT2D eigenvalue weighted by Gasteiger charge is 2.30. The minimum absolute atomic E-state index is 0.0285. The quantitative estimate of drug-likeness (QED) is 0.0604. The summed E-state index contributed by atoms with van der Waals surface area (Å²) in [6, 6.07) is 5.03. The van der Waals surface area contributed by atoms with Crippen molar-refractivity contribution in [1.82, 2.24) is 16.0 Å². The molecule has 0 saturated heterocycles. The second kappa shape index (κ2) is 18.6. The van der Waals surface area contributed by atoms with Crippen molar-refractivity contribution in [3.63, 3.8) is 0 Å². The topological polar surface area (TPSA) is 241 Å². The zero-order chi connectivity index (χ0) is 30.1. The molecular weight excluding hydrogens is 516 g/mol. The molecule has 4 atom stereocenters. The van der Waals surface area contributed by atoms with Crippen LogP contribution in [0.25, 0.3) is 0 Å². The molecule has 0 saturated carbocycles. The predicted octanol–water partition coefficient (Wildman–Crippen LogP) is -0.676. The molecule has 0 bridgehead atoms. The molecule has 1 rings (SSSR count). The van der Waals surface area contributed by atoms with Crippen LogP contribution in [0, 0.1) is 5.92 Å². The molecule has 12 N–H and O–H groups in total. The molecule has 1 aromatic carbocycles. The number of rotatable bonds is 19. The Morgan fingerprint density at radius 3 is 2.02 bits per heavy atom. The fourth-order valence-electron chi connectivity index (χ4n) is 3.99. The lowest BCUT2D eigenvalue weighted by molar-refractivity contribution is -0.142. The predicted molar refractivity (Wildman–Crippen MR) is 154 cm³/mol. The van der Waals surface area contributed by atoms with Crippen molar-refractivity contribution in [2.75, 3.05) is 13.1 Å². The van der Waals surface area contributed by atoms with Crippen LogP contribution in [-0.4, -0.2) is 72.0 Å². The highest BCUT2D eigenvalue weighted by Crippen LogP contribution is 2.09. The monoisotopic (exact) mass is 562 g/mol. The van der Waals surface area contributed by atoms with Crippen molar-refractivity contribution in [3.05, 3.63) is 35.9 Å². The molecule has 0 aromatic heterocycles. The van der Waals surface area contributed by atoms with Crippen LogP contribution in [0.2, 0.25) is 0 Å². The van der Waals surface area contributed by atoms with Crippen molar-refractivity contribution in [2.45, 2.75) is 83.0 Å². The standard InChI is InChI=1S/C27H46N8O5/c1-17(2)15-22(26(39)40)35-24(37)20(12-6-7-13-28)33-25(38)21(16-18-9-4-3-5-10-18)34-23(36)19(29)11-8-14-32-27(30)31/h3-5,9-10,17,19-22H,6-8,11-16,28-29H2,1-2H3,(H,33,38)(H,34,36)(H,35,37)(H,39,40)(H4,30,31,32). The third-order valence-electron chi connectivity index (χ3n) is 6.12. The largest absolute Gasteiger partial charge is 0.480 e. The number of carbonyl (C=O) groups excluding carboxylic acids is 3. The number of unbranched alkanes of at least 4 members (excludes halogenated alkanes) is 1. The average molecular weight is 563 g/mol. The van der Waals surface area contributed by atoms with Crippen LogP contribution >= 0.6 is 0 Å². The smallest absolute Gasteiger partial charge is 0.326 e. The van der Waals surface area contributed by atoms with E-state index in [2.05, 4.69) is 20.9 Å². The number of carboxylic acids is 1. The zero-order valence-corrected chi connectivity index (χ0v) is 23.5. The zero-order valence-electron chi connectivity index (χ0n) is 23.5. The van der Waals surface area contributed by atoms with E-state index in [1.807, 2.05) is 44.2 Å². The molecular formula is C27H46N8O5. The van der Waals surface area contributed by atoms with Gasteiger partial charge in [0.2, 0.25) is 17.7 Å². The van der Waals surface area contributed by atoms with Gasteiger partial charge >= 0.3 is 5.97 Å². The number of amides is 3. The van der Waals surface area contributed by atoms with Gasteiger partial charge in [-0.25, -0.2) is 4.79 Å². The van der Waals surface area contributed by atoms with Crippen LogP contribution in [0.5, 0.6) is 0 Å². The fourth-order valence-corrected chi connectivity index (χ4v) is 3.99. The summed E-state index contributed by atoms with van der Waals surface area (Å²) >= 11 is 0. The molecule has 0 fully saturated rings. The summed E-state index contributed by atoms with van der Waals surface area (Å²) in [5.74, 6) is -2.92. The molecule has 13 nitrogen and oxygen atoms in total. The van der Waals surface area contributed by atoms with E-state index in [1.54, 1.807) is 0 Å². The first-order valence-electron chi connectivity index (χ1n) is 13.6. The van der Waals surface area contributed by atoms with E-state index in [9.17, 15) is 24.3 Å². The molecule has 1 aromatic rings. The molecule has 3 amide bonds. The molecule has 40 heavy (non-hydrogen) atoms. The van der Waals surface area contributed by atoms with E-state index in [0.717, 1.165) is 5.56 Å². The van der Waals surface area contributed by atoms with Crippen LogP contribution in [0.4, 0.5) is 0 Å². The molecule has 224 valence electrons. The summed E-state index contributed by atoms with van der Waals surface area (Å²) in [5.41, 5.74) is 23.1.